The predicted molar refractivity (Wildman–Crippen MR) is 64.8 cm³/mol. The molecule has 0 saturated carbocycles. The van der Waals surface area contributed by atoms with Gasteiger partial charge in [-0.2, -0.15) is 4.98 Å². The summed E-state index contributed by atoms with van der Waals surface area (Å²) in [6, 6.07) is 0. The molecule has 5 heteroatoms. The zero-order chi connectivity index (χ0) is 12.5. The van der Waals surface area contributed by atoms with E-state index in [9.17, 15) is 5.11 Å². The Morgan fingerprint density at radius 2 is 2.12 bits per heavy atom. The van der Waals surface area contributed by atoms with Gasteiger partial charge in [0.1, 0.15) is 0 Å². The second-order valence-electron chi connectivity index (χ2n) is 5.28. The van der Waals surface area contributed by atoms with Crippen molar-refractivity contribution in [3.05, 3.63) is 11.3 Å². The number of aliphatic hydroxyl groups excluding tert-OH is 1. The lowest BCUT2D eigenvalue weighted by atomic mass is 9.97. The van der Waals surface area contributed by atoms with Crippen molar-refractivity contribution in [3.8, 4) is 5.88 Å². The smallest absolute Gasteiger partial charge is 0.223 e. The number of nitrogen functional groups attached to an aromatic ring is 1. The van der Waals surface area contributed by atoms with Crippen LogP contribution in [0, 0.1) is 5.41 Å². The number of hydrogen-bond donors (Lipinski definition) is 2. The zero-order valence-electron chi connectivity index (χ0n) is 10.4. The number of fused-ring (bicyclic) bond motifs is 1. The van der Waals surface area contributed by atoms with Gasteiger partial charge in [0.2, 0.25) is 11.8 Å². The topological polar surface area (TPSA) is 81.3 Å². The van der Waals surface area contributed by atoms with E-state index in [0.717, 1.165) is 30.5 Å². The van der Waals surface area contributed by atoms with Crippen molar-refractivity contribution < 1.29 is 9.84 Å². The highest BCUT2D eigenvalue weighted by molar-refractivity contribution is 5.38. The summed E-state index contributed by atoms with van der Waals surface area (Å²) >= 11 is 0. The third-order valence-corrected chi connectivity index (χ3v) is 2.94. The van der Waals surface area contributed by atoms with Crippen LogP contribution in [0.25, 0.3) is 0 Å². The maximum absolute atomic E-state index is 9.18. The fourth-order valence-corrected chi connectivity index (χ4v) is 1.85. The lowest BCUT2D eigenvalue weighted by Crippen LogP contribution is -2.26. The largest absolute Gasteiger partial charge is 0.477 e. The standard InChI is InChI=1S/C12H19N3O2/c1-12(2,6-16)7-17-10-8-4-3-5-9(8)14-11(13)15-10/h16H,3-7H2,1-2H3,(H2,13,14,15). The molecule has 0 aromatic carbocycles. The first-order valence-corrected chi connectivity index (χ1v) is 5.91. The number of anilines is 1. The van der Waals surface area contributed by atoms with Gasteiger partial charge in [-0.15, -0.1) is 0 Å². The van der Waals surface area contributed by atoms with Gasteiger partial charge in [0.05, 0.1) is 18.9 Å². The first-order valence-electron chi connectivity index (χ1n) is 5.91. The molecule has 3 N–H and O–H groups in total. The number of aromatic nitrogens is 2. The van der Waals surface area contributed by atoms with E-state index in [1.165, 1.54) is 0 Å². The predicted octanol–water partition coefficient (Wildman–Crippen LogP) is 0.945. The van der Waals surface area contributed by atoms with E-state index in [2.05, 4.69) is 9.97 Å². The molecule has 5 nitrogen and oxygen atoms in total. The molecule has 0 aliphatic heterocycles. The van der Waals surface area contributed by atoms with Crippen LogP contribution in [0.1, 0.15) is 31.5 Å². The average Bonchev–Trinajstić information content (AvgIpc) is 2.73. The third-order valence-electron chi connectivity index (χ3n) is 2.94. The molecule has 0 unspecified atom stereocenters. The third kappa shape index (κ3) is 2.66. The second-order valence-corrected chi connectivity index (χ2v) is 5.28. The minimum Gasteiger partial charge on any atom is -0.477 e. The molecule has 1 aromatic heterocycles. The van der Waals surface area contributed by atoms with E-state index < -0.39 is 0 Å². The van der Waals surface area contributed by atoms with Crippen LogP contribution in [-0.2, 0) is 12.8 Å². The van der Waals surface area contributed by atoms with Crippen molar-refractivity contribution in [3.63, 3.8) is 0 Å². The Morgan fingerprint density at radius 3 is 2.82 bits per heavy atom. The maximum atomic E-state index is 9.18. The average molecular weight is 237 g/mol. The van der Waals surface area contributed by atoms with E-state index in [4.69, 9.17) is 10.5 Å². The fraction of sp³-hybridized carbons (Fsp3) is 0.667. The van der Waals surface area contributed by atoms with E-state index in [-0.39, 0.29) is 18.0 Å². The molecule has 1 heterocycles. The van der Waals surface area contributed by atoms with Gasteiger partial charge in [0.25, 0.3) is 0 Å². The summed E-state index contributed by atoms with van der Waals surface area (Å²) in [7, 11) is 0. The Balaban J connectivity index is 2.16. The van der Waals surface area contributed by atoms with Crippen molar-refractivity contribution in [2.24, 2.45) is 5.41 Å². The van der Waals surface area contributed by atoms with Crippen LogP contribution < -0.4 is 10.5 Å². The fourth-order valence-electron chi connectivity index (χ4n) is 1.85. The van der Waals surface area contributed by atoms with E-state index in [0.29, 0.717) is 12.5 Å². The van der Waals surface area contributed by atoms with Crippen LogP contribution in [0.2, 0.25) is 0 Å². The molecule has 1 aliphatic carbocycles. The van der Waals surface area contributed by atoms with Gasteiger partial charge in [-0.25, -0.2) is 4.98 Å². The van der Waals surface area contributed by atoms with Gasteiger partial charge in [-0.1, -0.05) is 13.8 Å². The minimum absolute atomic E-state index is 0.0791. The molecular weight excluding hydrogens is 218 g/mol. The number of nitrogens with zero attached hydrogens (tertiary/aromatic N) is 2. The number of aryl methyl sites for hydroxylation is 1. The van der Waals surface area contributed by atoms with E-state index in [1.807, 2.05) is 13.8 Å². The first-order chi connectivity index (χ1) is 8.02. The molecule has 0 atom stereocenters. The molecule has 0 fully saturated rings. The summed E-state index contributed by atoms with van der Waals surface area (Å²) in [6.07, 6.45) is 2.97. The number of rotatable bonds is 4. The molecule has 0 spiro atoms. The second kappa shape index (κ2) is 4.49. The van der Waals surface area contributed by atoms with Gasteiger partial charge in [-0.3, -0.25) is 0 Å². The lowest BCUT2D eigenvalue weighted by molar-refractivity contribution is 0.0946. The number of nitrogens with two attached hydrogens (primary N) is 1. The molecule has 2 rings (SSSR count). The summed E-state index contributed by atoms with van der Waals surface area (Å²) in [5, 5.41) is 9.18. The SMILES string of the molecule is CC(C)(CO)COc1nc(N)nc2c1CCC2. The summed E-state index contributed by atoms with van der Waals surface area (Å²) in [5.41, 5.74) is 7.46. The highest BCUT2D eigenvalue weighted by Gasteiger charge is 2.23. The van der Waals surface area contributed by atoms with Crippen LogP contribution in [0.3, 0.4) is 0 Å². The van der Waals surface area contributed by atoms with Gasteiger partial charge < -0.3 is 15.6 Å². The molecule has 1 aromatic rings. The summed E-state index contributed by atoms with van der Waals surface area (Å²) in [5.74, 6) is 0.856. The Kier molecular flexibility index (Phi) is 3.19. The monoisotopic (exact) mass is 237 g/mol. The Hall–Kier alpha value is -1.36. The van der Waals surface area contributed by atoms with E-state index >= 15 is 0 Å². The molecule has 0 amide bonds. The van der Waals surface area contributed by atoms with Crippen LogP contribution in [0.4, 0.5) is 5.95 Å². The van der Waals surface area contributed by atoms with Crippen molar-refractivity contribution >= 4 is 5.95 Å². The van der Waals surface area contributed by atoms with E-state index in [1.54, 1.807) is 0 Å². The zero-order valence-corrected chi connectivity index (χ0v) is 10.4. The normalized spacial score (nSPS) is 14.8. The Morgan fingerprint density at radius 1 is 1.35 bits per heavy atom. The number of hydrogen-bond acceptors (Lipinski definition) is 5. The number of aliphatic hydroxyl groups is 1. The number of ether oxygens (including phenoxy) is 1. The molecule has 0 radical (unpaired) electrons. The maximum Gasteiger partial charge on any atom is 0.223 e. The van der Waals surface area contributed by atoms with Crippen molar-refractivity contribution in [1.82, 2.24) is 9.97 Å². The molecular formula is C12H19N3O2. The van der Waals surface area contributed by atoms with Gasteiger partial charge in [-0.05, 0) is 19.3 Å². The molecule has 1 aliphatic rings. The lowest BCUT2D eigenvalue weighted by Gasteiger charge is -2.22. The van der Waals surface area contributed by atoms with Crippen LogP contribution in [0.15, 0.2) is 0 Å². The summed E-state index contributed by atoms with van der Waals surface area (Å²) < 4.78 is 5.69. The van der Waals surface area contributed by atoms with Crippen LogP contribution in [0.5, 0.6) is 5.88 Å². The van der Waals surface area contributed by atoms with Crippen LogP contribution in [-0.4, -0.2) is 28.3 Å². The van der Waals surface area contributed by atoms with Gasteiger partial charge >= 0.3 is 0 Å². The quantitative estimate of drug-likeness (QED) is 0.814. The Labute approximate surface area is 101 Å². The molecule has 94 valence electrons. The minimum atomic E-state index is -0.273. The van der Waals surface area contributed by atoms with Gasteiger partial charge in [0, 0.05) is 11.0 Å². The van der Waals surface area contributed by atoms with Crippen molar-refractivity contribution in [2.75, 3.05) is 18.9 Å². The summed E-state index contributed by atoms with van der Waals surface area (Å²) in [6.45, 7) is 4.39. The van der Waals surface area contributed by atoms with Crippen molar-refractivity contribution in [2.45, 2.75) is 33.1 Å². The molecule has 17 heavy (non-hydrogen) atoms. The van der Waals surface area contributed by atoms with Gasteiger partial charge in [0.15, 0.2) is 0 Å². The highest BCUT2D eigenvalue weighted by Crippen LogP contribution is 2.29. The summed E-state index contributed by atoms with van der Waals surface area (Å²) in [4.78, 5) is 8.36. The first kappa shape index (κ1) is 12.1. The molecule has 0 saturated heterocycles. The molecule has 0 bridgehead atoms. The highest BCUT2D eigenvalue weighted by atomic mass is 16.5. The van der Waals surface area contributed by atoms with Crippen LogP contribution >= 0.6 is 0 Å². The Bertz CT molecular complexity index is 418. The van der Waals surface area contributed by atoms with Crippen molar-refractivity contribution in [1.29, 1.82) is 0 Å².